The van der Waals surface area contributed by atoms with Crippen molar-refractivity contribution in [3.8, 4) is 11.5 Å². The lowest BCUT2D eigenvalue weighted by atomic mass is 10.2. The molecule has 6 heteroatoms. The summed E-state index contributed by atoms with van der Waals surface area (Å²) in [4.78, 5) is 15.3. The van der Waals surface area contributed by atoms with E-state index in [-0.39, 0.29) is 6.61 Å². The van der Waals surface area contributed by atoms with Crippen LogP contribution in [0.5, 0.6) is 11.5 Å². The molecule has 0 radical (unpaired) electrons. The van der Waals surface area contributed by atoms with Crippen molar-refractivity contribution in [3.63, 3.8) is 0 Å². The van der Waals surface area contributed by atoms with Crippen LogP contribution in [0.25, 0.3) is 10.9 Å². The van der Waals surface area contributed by atoms with Gasteiger partial charge in [-0.05, 0) is 17.7 Å². The molecular weight excluding hydrogens is 342 g/mol. The Hall–Kier alpha value is -2.66. The van der Waals surface area contributed by atoms with E-state index < -0.39 is 5.97 Å². The minimum atomic E-state index is -0.415. The summed E-state index contributed by atoms with van der Waals surface area (Å²) >= 11 is 5.66. The molecule has 0 saturated carbocycles. The molecule has 3 rings (SSSR count). The highest BCUT2D eigenvalue weighted by molar-refractivity contribution is 6.18. The number of aromatic amines is 1. The Morgan fingerprint density at radius 1 is 1.12 bits per heavy atom. The van der Waals surface area contributed by atoms with E-state index in [9.17, 15) is 4.79 Å². The van der Waals surface area contributed by atoms with Crippen LogP contribution >= 0.6 is 11.6 Å². The third-order valence-electron chi connectivity index (χ3n) is 3.67. The van der Waals surface area contributed by atoms with E-state index in [4.69, 9.17) is 25.8 Å². The third-order valence-corrected chi connectivity index (χ3v) is 3.83. The molecule has 1 aromatic heterocycles. The van der Waals surface area contributed by atoms with Crippen molar-refractivity contribution in [2.75, 3.05) is 19.6 Å². The second-order valence-electron chi connectivity index (χ2n) is 5.37. The maximum atomic E-state index is 12.3. The lowest BCUT2D eigenvalue weighted by molar-refractivity contribution is 0.0467. The van der Waals surface area contributed by atoms with Gasteiger partial charge in [-0.25, -0.2) is 4.79 Å². The van der Waals surface area contributed by atoms with Crippen LogP contribution in [0.3, 0.4) is 0 Å². The summed E-state index contributed by atoms with van der Waals surface area (Å²) in [7, 11) is 1.56. The number of ether oxygens (including phenoxy) is 3. The number of hydrogen-bond acceptors (Lipinski definition) is 4. The van der Waals surface area contributed by atoms with Crippen molar-refractivity contribution in [2.24, 2.45) is 0 Å². The van der Waals surface area contributed by atoms with Gasteiger partial charge in [0.2, 0.25) is 0 Å². The zero-order valence-corrected chi connectivity index (χ0v) is 14.5. The standard InChI is InChI=1S/C19H18ClNO4/c1-23-17-11-15-14(10-18(17)24-8-7-20)9-16(21-15)19(22)25-12-13-5-3-2-4-6-13/h2-6,9-11,21H,7-8,12H2,1H3. The number of methoxy groups -OCH3 is 1. The number of benzene rings is 2. The Balaban J connectivity index is 1.78. The van der Waals surface area contributed by atoms with Crippen LogP contribution in [0.1, 0.15) is 16.1 Å². The van der Waals surface area contributed by atoms with Gasteiger partial charge in [-0.1, -0.05) is 30.3 Å². The highest BCUT2D eigenvalue weighted by Gasteiger charge is 2.14. The average Bonchev–Trinajstić information content (AvgIpc) is 3.07. The highest BCUT2D eigenvalue weighted by atomic mass is 35.5. The number of carbonyl (C=O) groups excluding carboxylic acids is 1. The Labute approximate surface area is 150 Å². The smallest absolute Gasteiger partial charge is 0.355 e. The van der Waals surface area contributed by atoms with E-state index in [0.29, 0.717) is 29.7 Å². The maximum Gasteiger partial charge on any atom is 0.355 e. The summed E-state index contributed by atoms with van der Waals surface area (Å²) in [6.07, 6.45) is 0. The van der Waals surface area contributed by atoms with E-state index in [2.05, 4.69) is 4.98 Å². The topological polar surface area (TPSA) is 60.6 Å². The van der Waals surface area contributed by atoms with Crippen molar-refractivity contribution in [1.82, 2.24) is 4.98 Å². The van der Waals surface area contributed by atoms with Crippen LogP contribution in [-0.2, 0) is 11.3 Å². The van der Waals surface area contributed by atoms with E-state index in [1.54, 1.807) is 19.2 Å². The van der Waals surface area contributed by atoms with Crippen molar-refractivity contribution in [2.45, 2.75) is 6.61 Å². The number of aromatic nitrogens is 1. The Kier molecular flexibility index (Phi) is 5.46. The van der Waals surface area contributed by atoms with Gasteiger partial charge in [0.1, 0.15) is 18.9 Å². The monoisotopic (exact) mass is 359 g/mol. The molecule has 0 spiro atoms. The van der Waals surface area contributed by atoms with Crippen LogP contribution in [0.2, 0.25) is 0 Å². The number of halogens is 1. The Bertz CT molecular complexity index is 860. The van der Waals surface area contributed by atoms with Crippen molar-refractivity contribution >= 4 is 28.5 Å². The van der Waals surface area contributed by atoms with Gasteiger partial charge in [0.05, 0.1) is 18.5 Å². The molecule has 0 aliphatic carbocycles. The first-order valence-corrected chi connectivity index (χ1v) is 8.35. The molecule has 0 amide bonds. The van der Waals surface area contributed by atoms with Gasteiger partial charge in [-0.15, -0.1) is 11.6 Å². The molecule has 25 heavy (non-hydrogen) atoms. The molecule has 0 saturated heterocycles. The van der Waals surface area contributed by atoms with Gasteiger partial charge >= 0.3 is 5.97 Å². The van der Waals surface area contributed by atoms with Gasteiger partial charge in [-0.2, -0.15) is 0 Å². The van der Waals surface area contributed by atoms with Gasteiger partial charge in [0, 0.05) is 11.5 Å². The molecule has 0 unspecified atom stereocenters. The van der Waals surface area contributed by atoms with Crippen LogP contribution in [-0.4, -0.2) is 30.5 Å². The SMILES string of the molecule is COc1cc2[nH]c(C(=O)OCc3ccccc3)cc2cc1OCCCl. The van der Waals surface area contributed by atoms with Gasteiger partial charge in [-0.3, -0.25) is 0 Å². The van der Waals surface area contributed by atoms with E-state index in [0.717, 1.165) is 16.5 Å². The molecule has 0 fully saturated rings. The zero-order chi connectivity index (χ0) is 17.6. The van der Waals surface area contributed by atoms with Crippen molar-refractivity contribution in [1.29, 1.82) is 0 Å². The molecule has 5 nitrogen and oxygen atoms in total. The van der Waals surface area contributed by atoms with Gasteiger partial charge in [0.25, 0.3) is 0 Å². The fourth-order valence-corrected chi connectivity index (χ4v) is 2.55. The second-order valence-corrected chi connectivity index (χ2v) is 5.75. The highest BCUT2D eigenvalue weighted by Crippen LogP contribution is 2.32. The molecule has 0 bridgehead atoms. The quantitative estimate of drug-likeness (QED) is 0.508. The first-order chi connectivity index (χ1) is 12.2. The second kappa shape index (κ2) is 7.94. The number of fused-ring (bicyclic) bond motifs is 1. The van der Waals surface area contributed by atoms with Crippen LogP contribution in [0.15, 0.2) is 48.5 Å². The first-order valence-electron chi connectivity index (χ1n) is 7.82. The predicted octanol–water partition coefficient (Wildman–Crippen LogP) is 4.15. The summed E-state index contributed by atoms with van der Waals surface area (Å²) in [6, 6.07) is 14.9. The van der Waals surface area contributed by atoms with Crippen molar-refractivity contribution in [3.05, 3.63) is 59.8 Å². The minimum Gasteiger partial charge on any atom is -0.493 e. The molecule has 1 N–H and O–H groups in total. The molecule has 130 valence electrons. The summed E-state index contributed by atoms with van der Waals surface area (Å²) < 4.78 is 16.2. The van der Waals surface area contributed by atoms with Gasteiger partial charge < -0.3 is 19.2 Å². The molecule has 1 heterocycles. The zero-order valence-electron chi connectivity index (χ0n) is 13.8. The van der Waals surface area contributed by atoms with Crippen LogP contribution in [0.4, 0.5) is 0 Å². The summed E-state index contributed by atoms with van der Waals surface area (Å²) in [6.45, 7) is 0.599. The number of nitrogens with one attached hydrogen (secondary N) is 1. The van der Waals surface area contributed by atoms with Gasteiger partial charge in [0.15, 0.2) is 11.5 Å². The minimum absolute atomic E-state index is 0.225. The number of carbonyl (C=O) groups is 1. The lowest BCUT2D eigenvalue weighted by Crippen LogP contribution is -2.05. The average molecular weight is 360 g/mol. The number of rotatable bonds is 7. The van der Waals surface area contributed by atoms with E-state index in [1.165, 1.54) is 0 Å². The third kappa shape index (κ3) is 4.06. The molecule has 2 aromatic carbocycles. The Morgan fingerprint density at radius 2 is 1.92 bits per heavy atom. The van der Waals surface area contributed by atoms with E-state index >= 15 is 0 Å². The Morgan fingerprint density at radius 3 is 2.64 bits per heavy atom. The summed E-state index contributed by atoms with van der Waals surface area (Å²) in [5, 5.41) is 0.831. The normalized spacial score (nSPS) is 10.6. The predicted molar refractivity (Wildman–Crippen MR) is 96.6 cm³/mol. The summed E-state index contributed by atoms with van der Waals surface area (Å²) in [5.74, 6) is 1.12. The lowest BCUT2D eigenvalue weighted by Gasteiger charge is -2.09. The largest absolute Gasteiger partial charge is 0.493 e. The molecular formula is C19H18ClNO4. The fraction of sp³-hybridized carbons (Fsp3) is 0.211. The maximum absolute atomic E-state index is 12.3. The molecule has 0 aliphatic rings. The van der Waals surface area contributed by atoms with Crippen LogP contribution in [0, 0.1) is 0 Å². The number of alkyl halides is 1. The van der Waals surface area contributed by atoms with E-state index in [1.807, 2.05) is 36.4 Å². The molecule has 3 aromatic rings. The fourth-order valence-electron chi connectivity index (χ4n) is 2.47. The van der Waals surface area contributed by atoms with Crippen LogP contribution < -0.4 is 9.47 Å². The first kappa shape index (κ1) is 17.2. The summed E-state index contributed by atoms with van der Waals surface area (Å²) in [5.41, 5.74) is 2.08. The number of H-pyrrole nitrogens is 1. The number of hydrogen-bond donors (Lipinski definition) is 1. The molecule has 0 atom stereocenters. The number of esters is 1. The molecule has 0 aliphatic heterocycles. The van der Waals surface area contributed by atoms with Crippen molar-refractivity contribution < 1.29 is 19.0 Å².